The van der Waals surface area contributed by atoms with Crippen molar-refractivity contribution in [3.8, 4) is 6.07 Å². The van der Waals surface area contributed by atoms with E-state index < -0.39 is 15.3 Å². The van der Waals surface area contributed by atoms with E-state index in [0.717, 1.165) is 19.3 Å². The minimum atomic E-state index is -3.43. The summed E-state index contributed by atoms with van der Waals surface area (Å²) in [6, 6.07) is 1.90. The Morgan fingerprint density at radius 3 is 2.53 bits per heavy atom. The second kappa shape index (κ2) is 5.36. The zero-order valence-electron chi connectivity index (χ0n) is 10.9. The van der Waals surface area contributed by atoms with E-state index in [1.807, 2.05) is 6.07 Å². The van der Waals surface area contributed by atoms with Gasteiger partial charge in [-0.25, -0.2) is 12.7 Å². The predicted octanol–water partition coefficient (Wildman–Crippen LogP) is 2.13. The molecule has 1 aliphatic rings. The highest BCUT2D eigenvalue weighted by Gasteiger charge is 2.34. The Balaban J connectivity index is 2.84. The Morgan fingerprint density at radius 2 is 2.00 bits per heavy atom. The van der Waals surface area contributed by atoms with Gasteiger partial charge in [-0.05, 0) is 31.1 Å². The van der Waals surface area contributed by atoms with Gasteiger partial charge < -0.3 is 0 Å². The van der Waals surface area contributed by atoms with Gasteiger partial charge in [0.05, 0.1) is 6.07 Å². The molecule has 5 heteroatoms. The maximum atomic E-state index is 12.2. The molecule has 1 atom stereocenters. The van der Waals surface area contributed by atoms with Gasteiger partial charge in [0.15, 0.2) is 5.25 Å². The third-order valence-corrected chi connectivity index (χ3v) is 5.78. The van der Waals surface area contributed by atoms with Gasteiger partial charge in [-0.3, -0.25) is 0 Å². The third kappa shape index (κ3) is 3.43. The van der Waals surface area contributed by atoms with Crippen molar-refractivity contribution >= 4 is 10.0 Å². The van der Waals surface area contributed by atoms with Crippen LogP contribution in [-0.2, 0) is 10.0 Å². The number of nitriles is 1. The standard InChI is InChI=1S/C12H22N2O2S/c1-4-11(10-13)17(15,16)14-8-5-6-12(2,3)7-9-14/h11H,4-9H2,1-3H3. The number of hydrogen-bond acceptors (Lipinski definition) is 3. The second-order valence-corrected chi connectivity index (χ2v) is 7.60. The summed E-state index contributed by atoms with van der Waals surface area (Å²) >= 11 is 0. The van der Waals surface area contributed by atoms with Crippen LogP contribution in [0.3, 0.4) is 0 Å². The molecule has 98 valence electrons. The average molecular weight is 258 g/mol. The number of rotatable bonds is 3. The summed E-state index contributed by atoms with van der Waals surface area (Å²) < 4.78 is 25.9. The quantitative estimate of drug-likeness (QED) is 0.779. The molecule has 1 saturated heterocycles. The van der Waals surface area contributed by atoms with Gasteiger partial charge in [0.25, 0.3) is 0 Å². The van der Waals surface area contributed by atoms with Crippen molar-refractivity contribution in [2.24, 2.45) is 5.41 Å². The highest BCUT2D eigenvalue weighted by atomic mass is 32.2. The van der Waals surface area contributed by atoms with Crippen LogP contribution in [0.25, 0.3) is 0 Å². The first-order chi connectivity index (χ1) is 7.83. The fourth-order valence-corrected chi connectivity index (χ4v) is 3.84. The van der Waals surface area contributed by atoms with Crippen molar-refractivity contribution in [2.45, 2.75) is 51.7 Å². The lowest BCUT2D eigenvalue weighted by Gasteiger charge is -2.24. The van der Waals surface area contributed by atoms with Gasteiger partial charge in [0.1, 0.15) is 0 Å². The van der Waals surface area contributed by atoms with E-state index in [2.05, 4.69) is 13.8 Å². The zero-order valence-corrected chi connectivity index (χ0v) is 11.8. The first kappa shape index (κ1) is 14.5. The lowest BCUT2D eigenvalue weighted by atomic mass is 9.85. The third-order valence-electron chi connectivity index (χ3n) is 3.53. The molecule has 1 unspecified atom stereocenters. The molecule has 1 rings (SSSR count). The van der Waals surface area contributed by atoms with E-state index in [0.29, 0.717) is 19.5 Å². The minimum absolute atomic E-state index is 0.207. The molecule has 0 radical (unpaired) electrons. The van der Waals surface area contributed by atoms with Gasteiger partial charge in [0, 0.05) is 13.1 Å². The average Bonchev–Trinajstić information content (AvgIpc) is 2.41. The van der Waals surface area contributed by atoms with Crippen LogP contribution in [0.5, 0.6) is 0 Å². The molecule has 1 aliphatic heterocycles. The zero-order chi connectivity index (χ0) is 13.1. The molecule has 0 amide bonds. The molecule has 0 saturated carbocycles. The highest BCUT2D eigenvalue weighted by Crippen LogP contribution is 2.31. The lowest BCUT2D eigenvalue weighted by molar-refractivity contribution is 0.314. The Hall–Kier alpha value is -0.600. The van der Waals surface area contributed by atoms with Crippen LogP contribution in [0, 0.1) is 16.7 Å². The second-order valence-electron chi connectivity index (χ2n) is 5.49. The van der Waals surface area contributed by atoms with E-state index in [1.54, 1.807) is 6.92 Å². The van der Waals surface area contributed by atoms with Crippen LogP contribution in [0.1, 0.15) is 46.5 Å². The molecular weight excluding hydrogens is 236 g/mol. The monoisotopic (exact) mass is 258 g/mol. The van der Waals surface area contributed by atoms with Gasteiger partial charge >= 0.3 is 0 Å². The summed E-state index contributed by atoms with van der Waals surface area (Å²) in [5.41, 5.74) is 0.207. The first-order valence-corrected chi connectivity index (χ1v) is 7.72. The molecule has 17 heavy (non-hydrogen) atoms. The molecular formula is C12H22N2O2S. The molecule has 1 heterocycles. The molecule has 0 aromatic rings. The number of hydrogen-bond donors (Lipinski definition) is 0. The Kier molecular flexibility index (Phi) is 4.56. The summed E-state index contributed by atoms with van der Waals surface area (Å²) in [6.45, 7) is 7.19. The van der Waals surface area contributed by atoms with Gasteiger partial charge in [0.2, 0.25) is 10.0 Å². The number of sulfonamides is 1. The van der Waals surface area contributed by atoms with Crippen LogP contribution in [0.4, 0.5) is 0 Å². The summed E-state index contributed by atoms with van der Waals surface area (Å²) in [5.74, 6) is 0. The largest absolute Gasteiger partial charge is 0.230 e. The summed E-state index contributed by atoms with van der Waals surface area (Å²) in [6.07, 6.45) is 3.16. The van der Waals surface area contributed by atoms with E-state index in [1.165, 1.54) is 4.31 Å². The minimum Gasteiger partial charge on any atom is -0.211 e. The fraction of sp³-hybridized carbons (Fsp3) is 0.917. The number of nitrogens with zero attached hydrogens (tertiary/aromatic N) is 2. The first-order valence-electron chi connectivity index (χ1n) is 6.22. The lowest BCUT2D eigenvalue weighted by Crippen LogP contribution is -2.38. The molecule has 0 spiro atoms. The van der Waals surface area contributed by atoms with Gasteiger partial charge in [-0.1, -0.05) is 20.8 Å². The van der Waals surface area contributed by atoms with E-state index in [9.17, 15) is 8.42 Å². The molecule has 0 N–H and O–H groups in total. The SMILES string of the molecule is CCC(C#N)S(=O)(=O)N1CCCC(C)(C)CC1. The molecule has 1 fully saturated rings. The van der Waals surface area contributed by atoms with Crippen LogP contribution in [0.15, 0.2) is 0 Å². The topological polar surface area (TPSA) is 61.2 Å². The van der Waals surface area contributed by atoms with E-state index in [4.69, 9.17) is 5.26 Å². The van der Waals surface area contributed by atoms with Crippen LogP contribution < -0.4 is 0 Å². The molecule has 0 aliphatic carbocycles. The predicted molar refractivity (Wildman–Crippen MR) is 67.8 cm³/mol. The molecule has 0 aromatic heterocycles. The Labute approximate surface area is 105 Å². The van der Waals surface area contributed by atoms with Crippen molar-refractivity contribution < 1.29 is 8.42 Å². The van der Waals surface area contributed by atoms with Crippen molar-refractivity contribution in [3.05, 3.63) is 0 Å². The molecule has 4 nitrogen and oxygen atoms in total. The van der Waals surface area contributed by atoms with Crippen molar-refractivity contribution in [1.29, 1.82) is 5.26 Å². The smallest absolute Gasteiger partial charge is 0.211 e. The Bertz CT molecular complexity index is 395. The normalized spacial score (nSPS) is 23.6. The van der Waals surface area contributed by atoms with Crippen LogP contribution >= 0.6 is 0 Å². The maximum absolute atomic E-state index is 12.2. The van der Waals surface area contributed by atoms with Gasteiger partial charge in [-0.2, -0.15) is 5.26 Å². The summed E-state index contributed by atoms with van der Waals surface area (Å²) in [5, 5.41) is 8.02. The van der Waals surface area contributed by atoms with Gasteiger partial charge in [-0.15, -0.1) is 0 Å². The molecule has 0 bridgehead atoms. The van der Waals surface area contributed by atoms with E-state index >= 15 is 0 Å². The van der Waals surface area contributed by atoms with Crippen molar-refractivity contribution in [2.75, 3.05) is 13.1 Å². The fourth-order valence-electron chi connectivity index (χ4n) is 2.20. The van der Waals surface area contributed by atoms with Crippen LogP contribution in [-0.4, -0.2) is 31.1 Å². The van der Waals surface area contributed by atoms with Crippen LogP contribution in [0.2, 0.25) is 0 Å². The molecule has 0 aromatic carbocycles. The maximum Gasteiger partial charge on any atom is 0.230 e. The van der Waals surface area contributed by atoms with E-state index in [-0.39, 0.29) is 5.41 Å². The highest BCUT2D eigenvalue weighted by molar-refractivity contribution is 7.90. The Morgan fingerprint density at radius 1 is 1.35 bits per heavy atom. The summed E-state index contributed by atoms with van der Waals surface area (Å²) in [7, 11) is -3.43. The van der Waals surface area contributed by atoms with Crippen molar-refractivity contribution in [3.63, 3.8) is 0 Å². The summed E-state index contributed by atoms with van der Waals surface area (Å²) in [4.78, 5) is 0. The van der Waals surface area contributed by atoms with Crippen molar-refractivity contribution in [1.82, 2.24) is 4.31 Å².